The van der Waals surface area contributed by atoms with Crippen molar-refractivity contribution in [3.63, 3.8) is 0 Å². The second kappa shape index (κ2) is 8.80. The number of carbonyl (C=O) groups is 1. The van der Waals surface area contributed by atoms with Crippen LogP contribution in [-0.2, 0) is 11.3 Å². The monoisotopic (exact) mass is 438 g/mol. The fourth-order valence-corrected chi connectivity index (χ4v) is 4.03. The summed E-state index contributed by atoms with van der Waals surface area (Å²) in [5, 5.41) is 1.97. The lowest BCUT2D eigenvalue weighted by Crippen LogP contribution is -2.72. The topological polar surface area (TPSA) is 84.8 Å². The number of aromatic nitrogens is 3. The van der Waals surface area contributed by atoms with Crippen molar-refractivity contribution in [2.75, 3.05) is 11.5 Å². The molecule has 0 fully saturated rings. The van der Waals surface area contributed by atoms with Crippen LogP contribution in [-0.4, -0.2) is 27.5 Å². The van der Waals surface area contributed by atoms with Gasteiger partial charge in [-0.25, -0.2) is 5.32 Å². The van der Waals surface area contributed by atoms with Crippen LogP contribution in [0.15, 0.2) is 73.1 Å². The van der Waals surface area contributed by atoms with Gasteiger partial charge in [0.05, 0.1) is 23.6 Å². The van der Waals surface area contributed by atoms with E-state index in [1.165, 1.54) is 11.1 Å². The van der Waals surface area contributed by atoms with Crippen LogP contribution in [0.5, 0.6) is 5.75 Å². The summed E-state index contributed by atoms with van der Waals surface area (Å²) in [5.41, 5.74) is 6.66. The van der Waals surface area contributed by atoms with E-state index in [2.05, 4.69) is 42.0 Å². The van der Waals surface area contributed by atoms with E-state index in [-0.39, 0.29) is 12.5 Å². The Hall–Kier alpha value is -4.10. The van der Waals surface area contributed by atoms with Gasteiger partial charge in [-0.15, -0.1) is 0 Å². The van der Waals surface area contributed by atoms with Crippen LogP contribution >= 0.6 is 0 Å². The molecule has 0 saturated carbocycles. The predicted octanol–water partition coefficient (Wildman–Crippen LogP) is 3.61. The lowest BCUT2D eigenvalue weighted by Gasteiger charge is -2.29. The number of hydrogen-bond donors (Lipinski definition) is 1. The molecule has 2 aromatic heterocycles. The third-order valence-corrected chi connectivity index (χ3v) is 5.46. The van der Waals surface area contributed by atoms with Crippen LogP contribution in [0, 0.1) is 13.8 Å². The van der Waals surface area contributed by atoms with Crippen molar-refractivity contribution in [3.8, 4) is 17.0 Å². The number of anilines is 1. The van der Waals surface area contributed by atoms with Crippen molar-refractivity contribution in [1.29, 1.82) is 0 Å². The smallest absolute Gasteiger partial charge is 0.331 e. The van der Waals surface area contributed by atoms with Crippen LogP contribution < -0.4 is 15.0 Å². The highest BCUT2D eigenvalue weighted by atomic mass is 16.5. The Bertz CT molecular complexity index is 1300. The molecule has 1 aliphatic rings. The van der Waals surface area contributed by atoms with Crippen molar-refractivity contribution >= 4 is 23.2 Å². The molecular weight excluding hydrogens is 414 g/mol. The standard InChI is InChI=1S/C26H23N5O2/c1-17-11-18(2)13-21(12-17)29-26-28-10-8-22(30-26)19-6-7-24-23(14-19)31(25(32)16-33-24)15-20-5-3-4-9-27-20/h3-14H,15-16H2,1-2H3,(H,28,29,30)/p+1. The molecular formula is C26H24N5O2+. The minimum atomic E-state index is -0.100. The summed E-state index contributed by atoms with van der Waals surface area (Å²) in [6.45, 7) is 4.56. The Morgan fingerprint density at radius 2 is 1.82 bits per heavy atom. The SMILES string of the molecule is Cc1cc(C)cc([NH2+]c2nccc(-c3ccc4c(c3)N(Cc3ccccn3)C(=O)CO4)n2)c1. The first-order valence-electron chi connectivity index (χ1n) is 10.8. The summed E-state index contributed by atoms with van der Waals surface area (Å²) < 4.78 is 5.67. The number of rotatable bonds is 5. The first-order chi connectivity index (χ1) is 16.0. The molecule has 1 aliphatic heterocycles. The van der Waals surface area contributed by atoms with Gasteiger partial charge in [-0.3, -0.25) is 14.7 Å². The Balaban J connectivity index is 1.46. The molecule has 7 heteroatoms. The molecule has 0 atom stereocenters. The molecule has 0 aliphatic carbocycles. The highest BCUT2D eigenvalue weighted by Gasteiger charge is 2.26. The summed E-state index contributed by atoms with van der Waals surface area (Å²) in [6.07, 6.45) is 3.48. The third kappa shape index (κ3) is 4.58. The van der Waals surface area contributed by atoms with Gasteiger partial charge < -0.3 is 4.74 Å². The molecule has 0 spiro atoms. The van der Waals surface area contributed by atoms with Gasteiger partial charge in [0.25, 0.3) is 5.91 Å². The quantitative estimate of drug-likeness (QED) is 0.481. The second-order valence-electron chi connectivity index (χ2n) is 8.14. The number of benzene rings is 2. The fraction of sp³-hybridized carbons (Fsp3) is 0.154. The molecule has 2 N–H and O–H groups in total. The lowest BCUT2D eigenvalue weighted by atomic mass is 10.1. The minimum absolute atomic E-state index is 0.0156. The van der Waals surface area contributed by atoms with E-state index in [0.717, 1.165) is 22.6 Å². The maximum atomic E-state index is 12.7. The lowest BCUT2D eigenvalue weighted by molar-refractivity contribution is -0.487. The number of ether oxygens (including phenoxy) is 1. The van der Waals surface area contributed by atoms with Crippen molar-refractivity contribution in [3.05, 3.63) is 89.9 Å². The van der Waals surface area contributed by atoms with Gasteiger partial charge in [0, 0.05) is 30.1 Å². The van der Waals surface area contributed by atoms with Crippen LogP contribution in [0.3, 0.4) is 0 Å². The maximum absolute atomic E-state index is 12.7. The molecule has 0 radical (unpaired) electrons. The molecule has 0 unspecified atom stereocenters. The Morgan fingerprint density at radius 3 is 2.61 bits per heavy atom. The van der Waals surface area contributed by atoms with Crippen LogP contribution in [0.25, 0.3) is 11.3 Å². The number of aryl methyl sites for hydroxylation is 2. The molecule has 7 nitrogen and oxygen atoms in total. The summed E-state index contributed by atoms with van der Waals surface area (Å²) in [6, 6.07) is 19.7. The van der Waals surface area contributed by atoms with E-state index in [9.17, 15) is 4.79 Å². The van der Waals surface area contributed by atoms with Gasteiger partial charge in [-0.05, 0) is 61.4 Å². The zero-order chi connectivity index (χ0) is 22.8. The zero-order valence-corrected chi connectivity index (χ0v) is 18.5. The average molecular weight is 439 g/mol. The van der Waals surface area contributed by atoms with Gasteiger partial charge in [0.2, 0.25) is 0 Å². The van der Waals surface area contributed by atoms with E-state index in [4.69, 9.17) is 9.72 Å². The fourth-order valence-electron chi connectivity index (χ4n) is 4.03. The molecule has 33 heavy (non-hydrogen) atoms. The number of hydrogen-bond acceptors (Lipinski definition) is 5. The van der Waals surface area contributed by atoms with E-state index < -0.39 is 0 Å². The Morgan fingerprint density at radius 1 is 0.970 bits per heavy atom. The number of nitrogens with two attached hydrogens (primary N) is 1. The summed E-state index contributed by atoms with van der Waals surface area (Å²) in [4.78, 5) is 27.9. The summed E-state index contributed by atoms with van der Waals surface area (Å²) in [7, 11) is 0. The van der Waals surface area contributed by atoms with Gasteiger partial charge in [-0.2, -0.15) is 9.97 Å². The Kier molecular flexibility index (Phi) is 5.54. The van der Waals surface area contributed by atoms with Gasteiger partial charge in [0.15, 0.2) is 6.61 Å². The number of quaternary nitrogens is 1. The molecule has 0 saturated heterocycles. The largest absolute Gasteiger partial charge is 0.482 e. The van der Waals surface area contributed by atoms with E-state index in [0.29, 0.717) is 23.9 Å². The molecule has 4 aromatic rings. The maximum Gasteiger partial charge on any atom is 0.331 e. The van der Waals surface area contributed by atoms with Crippen molar-refractivity contribution in [2.24, 2.45) is 0 Å². The van der Waals surface area contributed by atoms with Crippen LogP contribution in [0.2, 0.25) is 0 Å². The molecule has 5 rings (SSSR count). The molecule has 164 valence electrons. The highest BCUT2D eigenvalue weighted by molar-refractivity contribution is 5.98. The zero-order valence-electron chi connectivity index (χ0n) is 18.5. The van der Waals surface area contributed by atoms with E-state index >= 15 is 0 Å². The predicted molar refractivity (Wildman–Crippen MR) is 126 cm³/mol. The van der Waals surface area contributed by atoms with Crippen LogP contribution in [0.4, 0.5) is 17.3 Å². The molecule has 2 aromatic carbocycles. The third-order valence-electron chi connectivity index (χ3n) is 5.46. The first-order valence-corrected chi connectivity index (χ1v) is 10.8. The number of carbonyl (C=O) groups excluding carboxylic acids is 1. The molecule has 0 bridgehead atoms. The van der Waals surface area contributed by atoms with E-state index in [1.54, 1.807) is 17.3 Å². The second-order valence-corrected chi connectivity index (χ2v) is 8.14. The average Bonchev–Trinajstić information content (AvgIpc) is 2.81. The summed E-state index contributed by atoms with van der Waals surface area (Å²) >= 11 is 0. The summed E-state index contributed by atoms with van der Waals surface area (Å²) in [5.74, 6) is 1.20. The number of fused-ring (bicyclic) bond motifs is 1. The van der Waals surface area contributed by atoms with Crippen LogP contribution in [0.1, 0.15) is 16.8 Å². The first kappa shape index (κ1) is 20.8. The van der Waals surface area contributed by atoms with Crippen molar-refractivity contribution in [1.82, 2.24) is 15.0 Å². The van der Waals surface area contributed by atoms with Crippen molar-refractivity contribution < 1.29 is 14.8 Å². The van der Waals surface area contributed by atoms with Gasteiger partial charge >= 0.3 is 5.95 Å². The van der Waals surface area contributed by atoms with Gasteiger partial charge in [-0.1, -0.05) is 12.1 Å². The minimum Gasteiger partial charge on any atom is -0.482 e. The highest BCUT2D eigenvalue weighted by Crippen LogP contribution is 2.36. The normalized spacial score (nSPS) is 12.9. The van der Waals surface area contributed by atoms with Gasteiger partial charge in [0.1, 0.15) is 11.4 Å². The Labute approximate surface area is 192 Å². The van der Waals surface area contributed by atoms with Crippen molar-refractivity contribution in [2.45, 2.75) is 20.4 Å². The number of nitrogens with zero attached hydrogens (tertiary/aromatic N) is 4. The van der Waals surface area contributed by atoms with E-state index in [1.807, 2.05) is 47.8 Å². The molecule has 3 heterocycles. The number of amides is 1. The number of pyridine rings is 1. The molecule has 1 amide bonds.